The quantitative estimate of drug-likeness (QED) is 0.160. The monoisotopic (exact) mass is 705 g/mol. The van der Waals surface area contributed by atoms with Crippen molar-refractivity contribution in [1.29, 1.82) is 0 Å². The average molecular weight is 706 g/mol. The Kier molecular flexibility index (Phi) is 8.09. The number of nitrogens with zero attached hydrogens (tertiary/aromatic N) is 1. The maximum atomic E-state index is 2.37. The van der Waals surface area contributed by atoms with Gasteiger partial charge in [0, 0.05) is 37.2 Å². The van der Waals surface area contributed by atoms with Crippen LogP contribution in [0.5, 0.6) is 0 Å². The van der Waals surface area contributed by atoms with Crippen molar-refractivity contribution >= 4 is 59.3 Å². The minimum absolute atomic E-state index is 1.11. The van der Waals surface area contributed by atoms with Gasteiger partial charge < -0.3 is 4.90 Å². The molecule has 9 aromatic carbocycles. The van der Waals surface area contributed by atoms with Crippen molar-refractivity contribution in [2.75, 3.05) is 4.90 Å². The predicted molar refractivity (Wildman–Crippen MR) is 233 cm³/mol. The summed E-state index contributed by atoms with van der Waals surface area (Å²) in [6.07, 6.45) is 0. The second-order valence-electron chi connectivity index (χ2n) is 13.8. The molecule has 0 spiro atoms. The Morgan fingerprint density at radius 2 is 0.833 bits per heavy atom. The lowest BCUT2D eigenvalue weighted by Crippen LogP contribution is -2.10. The van der Waals surface area contributed by atoms with Gasteiger partial charge in [-0.3, -0.25) is 0 Å². The van der Waals surface area contributed by atoms with Crippen LogP contribution >= 0.6 is 11.3 Å². The Balaban J connectivity index is 1.04. The molecule has 0 fully saturated rings. The molecule has 10 rings (SSSR count). The van der Waals surface area contributed by atoms with E-state index in [9.17, 15) is 0 Å². The van der Waals surface area contributed by atoms with E-state index in [2.05, 4.69) is 217 Å². The number of thiophene rings is 1. The molecule has 0 saturated heterocycles. The smallest absolute Gasteiger partial charge is 0.0467 e. The first-order valence-corrected chi connectivity index (χ1v) is 19.2. The molecule has 0 radical (unpaired) electrons. The summed E-state index contributed by atoms with van der Waals surface area (Å²) in [4.78, 5) is 2.37. The highest BCUT2D eigenvalue weighted by Crippen LogP contribution is 2.42. The summed E-state index contributed by atoms with van der Waals surface area (Å²) in [6, 6.07) is 77.1. The molecule has 2 heteroatoms. The van der Waals surface area contributed by atoms with Crippen LogP contribution in [0.25, 0.3) is 75.5 Å². The van der Waals surface area contributed by atoms with Gasteiger partial charge in [0.2, 0.25) is 0 Å². The van der Waals surface area contributed by atoms with Crippen molar-refractivity contribution in [2.24, 2.45) is 0 Å². The largest absolute Gasteiger partial charge is 0.310 e. The van der Waals surface area contributed by atoms with Crippen LogP contribution in [0.15, 0.2) is 212 Å². The minimum atomic E-state index is 1.11. The highest BCUT2D eigenvalue weighted by atomic mass is 32.1. The number of anilines is 3. The summed E-state index contributed by atoms with van der Waals surface area (Å²) in [6.45, 7) is 0. The van der Waals surface area contributed by atoms with E-state index in [0.29, 0.717) is 0 Å². The first-order chi connectivity index (χ1) is 26.7. The van der Waals surface area contributed by atoms with Crippen LogP contribution in [0, 0.1) is 0 Å². The van der Waals surface area contributed by atoms with Gasteiger partial charge in [0.05, 0.1) is 0 Å². The van der Waals surface area contributed by atoms with Crippen molar-refractivity contribution in [3.05, 3.63) is 212 Å². The van der Waals surface area contributed by atoms with E-state index in [1.807, 2.05) is 11.3 Å². The van der Waals surface area contributed by atoms with Crippen LogP contribution in [-0.4, -0.2) is 0 Å². The molecule has 0 saturated carbocycles. The first-order valence-electron chi connectivity index (χ1n) is 18.4. The normalized spacial score (nSPS) is 11.3. The Labute approximate surface area is 319 Å². The number of hydrogen-bond acceptors (Lipinski definition) is 2. The van der Waals surface area contributed by atoms with Gasteiger partial charge in [0.15, 0.2) is 0 Å². The van der Waals surface area contributed by atoms with Crippen LogP contribution in [0.2, 0.25) is 0 Å². The van der Waals surface area contributed by atoms with Crippen LogP contribution in [0.4, 0.5) is 17.1 Å². The van der Waals surface area contributed by atoms with Gasteiger partial charge in [-0.25, -0.2) is 0 Å². The van der Waals surface area contributed by atoms with Crippen LogP contribution in [0.1, 0.15) is 0 Å². The molecule has 0 amide bonds. The number of fused-ring (bicyclic) bond motifs is 4. The Hall–Kier alpha value is -6.74. The molecule has 0 aliphatic rings. The molecule has 0 N–H and O–H groups in total. The summed E-state index contributed by atoms with van der Waals surface area (Å²) in [5, 5.41) is 5.15. The van der Waals surface area contributed by atoms with Gasteiger partial charge in [0.1, 0.15) is 0 Å². The molecule has 1 heterocycles. The fraction of sp³-hybridized carbons (Fsp3) is 0. The zero-order chi connectivity index (χ0) is 35.8. The highest BCUT2D eigenvalue weighted by molar-refractivity contribution is 7.26. The highest BCUT2D eigenvalue weighted by Gasteiger charge is 2.16. The second-order valence-corrected chi connectivity index (χ2v) is 14.8. The summed E-state index contributed by atoms with van der Waals surface area (Å²) in [7, 11) is 0. The number of hydrogen-bond donors (Lipinski definition) is 0. The Morgan fingerprint density at radius 1 is 0.296 bits per heavy atom. The zero-order valence-corrected chi connectivity index (χ0v) is 30.4. The van der Waals surface area contributed by atoms with Crippen LogP contribution < -0.4 is 4.90 Å². The van der Waals surface area contributed by atoms with Gasteiger partial charge in [-0.05, 0) is 110 Å². The molecule has 0 atom stereocenters. The third-order valence-corrected chi connectivity index (χ3v) is 11.7. The zero-order valence-electron chi connectivity index (χ0n) is 29.6. The maximum Gasteiger partial charge on any atom is 0.0467 e. The first kappa shape index (κ1) is 32.0. The summed E-state index contributed by atoms with van der Waals surface area (Å²) < 4.78 is 2.66. The molecule has 254 valence electrons. The topological polar surface area (TPSA) is 3.24 Å². The predicted octanol–water partition coefficient (Wildman–Crippen LogP) is 15.3. The van der Waals surface area contributed by atoms with E-state index in [4.69, 9.17) is 0 Å². The third-order valence-electron chi connectivity index (χ3n) is 10.5. The standard InChI is InChI=1S/C52H35NS/c1-2-11-36(12-3-1)38-25-29-45(30-26-38)53(46-31-27-39(28-32-46)43-24-23-37-13-4-5-14-40(37)33-43)47-18-9-16-42(35-47)41-15-8-17-44(34-41)48-20-10-21-50-49-19-6-7-22-51(49)54-52(48)50/h1-35H. The lowest BCUT2D eigenvalue weighted by Gasteiger charge is -2.26. The van der Waals surface area contributed by atoms with Gasteiger partial charge in [-0.15, -0.1) is 11.3 Å². The molecular formula is C52H35NS. The lowest BCUT2D eigenvalue weighted by molar-refractivity contribution is 1.28. The number of benzene rings is 9. The van der Waals surface area contributed by atoms with Crippen molar-refractivity contribution in [3.8, 4) is 44.5 Å². The SMILES string of the molecule is c1ccc(-c2ccc(N(c3ccc(-c4ccc5ccccc5c4)cc3)c3cccc(-c4cccc(-c5cccc6c5sc5ccccc56)c4)c3)cc2)cc1. The molecule has 1 nitrogen and oxygen atoms in total. The second kappa shape index (κ2) is 13.7. The van der Waals surface area contributed by atoms with Gasteiger partial charge in [-0.1, -0.05) is 158 Å². The van der Waals surface area contributed by atoms with E-state index in [1.165, 1.54) is 75.5 Å². The molecule has 0 unspecified atom stereocenters. The van der Waals surface area contributed by atoms with Gasteiger partial charge in [-0.2, -0.15) is 0 Å². The fourth-order valence-electron chi connectivity index (χ4n) is 7.72. The van der Waals surface area contributed by atoms with E-state index >= 15 is 0 Å². The Morgan fingerprint density at radius 3 is 1.63 bits per heavy atom. The molecule has 54 heavy (non-hydrogen) atoms. The number of rotatable bonds is 7. The lowest BCUT2D eigenvalue weighted by atomic mass is 9.97. The molecule has 1 aromatic heterocycles. The van der Waals surface area contributed by atoms with Crippen molar-refractivity contribution in [1.82, 2.24) is 0 Å². The van der Waals surface area contributed by atoms with Crippen LogP contribution in [0.3, 0.4) is 0 Å². The van der Waals surface area contributed by atoms with Crippen molar-refractivity contribution < 1.29 is 0 Å². The van der Waals surface area contributed by atoms with E-state index in [1.54, 1.807) is 0 Å². The molecule has 0 aliphatic carbocycles. The third kappa shape index (κ3) is 5.93. The van der Waals surface area contributed by atoms with Crippen LogP contribution in [-0.2, 0) is 0 Å². The molecule has 10 aromatic rings. The van der Waals surface area contributed by atoms with Crippen molar-refractivity contribution in [3.63, 3.8) is 0 Å². The molecule has 0 aliphatic heterocycles. The van der Waals surface area contributed by atoms with E-state index < -0.39 is 0 Å². The van der Waals surface area contributed by atoms with Crippen molar-refractivity contribution in [2.45, 2.75) is 0 Å². The summed E-state index contributed by atoms with van der Waals surface area (Å²) >= 11 is 1.88. The minimum Gasteiger partial charge on any atom is -0.310 e. The van der Waals surface area contributed by atoms with Gasteiger partial charge >= 0.3 is 0 Å². The van der Waals surface area contributed by atoms with E-state index in [0.717, 1.165) is 17.1 Å². The fourth-order valence-corrected chi connectivity index (χ4v) is 8.96. The summed E-state index contributed by atoms with van der Waals surface area (Å²) in [5.41, 5.74) is 13.0. The van der Waals surface area contributed by atoms with Gasteiger partial charge in [0.25, 0.3) is 0 Å². The molecule has 0 bridgehead atoms. The molecular weight excluding hydrogens is 671 g/mol. The Bertz CT molecular complexity index is 2920. The maximum absolute atomic E-state index is 2.37. The van der Waals surface area contributed by atoms with E-state index in [-0.39, 0.29) is 0 Å². The average Bonchev–Trinajstić information content (AvgIpc) is 3.64. The summed E-state index contributed by atoms with van der Waals surface area (Å²) in [5.74, 6) is 0.